The lowest BCUT2D eigenvalue weighted by atomic mass is 10.2. The Morgan fingerprint density at radius 1 is 0.700 bits per heavy atom. The number of benzene rings is 1. The lowest BCUT2D eigenvalue weighted by Gasteiger charge is -2.49. The molecule has 1 aromatic carbocycles. The van der Waals surface area contributed by atoms with Gasteiger partial charge in [0.2, 0.25) is 0 Å². The van der Waals surface area contributed by atoms with Gasteiger partial charge in [-0.05, 0) is 39.8 Å². The second-order valence-corrected chi connectivity index (χ2v) is 16.7. The highest BCUT2D eigenvalue weighted by molar-refractivity contribution is 7.90. The molecule has 0 nitrogen and oxygen atoms in total. The molecule has 1 aromatic rings. The largest absolute Gasteiger partial charge is 0.136 e. The highest BCUT2D eigenvalue weighted by Crippen LogP contribution is 2.77. The first-order valence-corrected chi connectivity index (χ1v) is 12.9. The number of hydrogen-bond acceptors (Lipinski definition) is 0. The minimum Gasteiger partial charge on any atom is -0.0581 e. The van der Waals surface area contributed by atoms with Gasteiger partial charge in [0.15, 0.2) is 0 Å². The Morgan fingerprint density at radius 2 is 1.00 bits per heavy atom. The third-order valence-corrected chi connectivity index (χ3v) is 18.1. The fraction of sp³-hybridized carbons (Fsp3) is 0.667. The first-order valence-electron chi connectivity index (χ1n) is 8.14. The molecule has 2 heteroatoms. The lowest BCUT2D eigenvalue weighted by Crippen LogP contribution is -2.49. The molecule has 2 aliphatic rings. The van der Waals surface area contributed by atoms with Crippen molar-refractivity contribution in [1.82, 2.24) is 0 Å². The molecule has 0 spiro atoms. The summed E-state index contributed by atoms with van der Waals surface area (Å²) < 4.78 is 0. The van der Waals surface area contributed by atoms with Crippen LogP contribution in [0.15, 0.2) is 24.3 Å². The van der Waals surface area contributed by atoms with Crippen LogP contribution < -0.4 is 10.6 Å². The SMILES string of the molecule is C[C@@H]1C[C@H](C)[P+]1(C)c1ccccc1[P+]1(C)[C@H](C)C[C@@H]1C. The van der Waals surface area contributed by atoms with E-state index in [4.69, 9.17) is 0 Å². The van der Waals surface area contributed by atoms with Crippen molar-refractivity contribution in [1.29, 1.82) is 0 Å². The van der Waals surface area contributed by atoms with Gasteiger partial charge in [-0.1, -0.05) is 12.1 Å². The summed E-state index contributed by atoms with van der Waals surface area (Å²) >= 11 is 0. The Bertz CT molecular complexity index is 459. The molecule has 6 atom stereocenters. The fourth-order valence-corrected chi connectivity index (χ4v) is 13.8. The average molecular weight is 308 g/mol. The third kappa shape index (κ3) is 1.74. The van der Waals surface area contributed by atoms with Gasteiger partial charge in [-0.2, -0.15) is 0 Å². The molecule has 0 N–H and O–H groups in total. The fourth-order valence-electron chi connectivity index (χ4n) is 4.68. The van der Waals surface area contributed by atoms with Crippen LogP contribution in [0.1, 0.15) is 40.5 Å². The van der Waals surface area contributed by atoms with Gasteiger partial charge in [0.1, 0.15) is 10.6 Å². The quantitative estimate of drug-likeness (QED) is 0.701. The van der Waals surface area contributed by atoms with Crippen LogP contribution in [-0.2, 0) is 0 Å². The number of hydrogen-bond donors (Lipinski definition) is 0. The van der Waals surface area contributed by atoms with E-state index in [1.807, 2.05) is 0 Å². The summed E-state index contributed by atoms with van der Waals surface area (Å²) in [5, 5.41) is 3.61. The van der Waals surface area contributed by atoms with E-state index in [0.29, 0.717) is 0 Å². The molecule has 20 heavy (non-hydrogen) atoms. The van der Waals surface area contributed by atoms with Crippen molar-refractivity contribution in [3.63, 3.8) is 0 Å². The molecule has 0 bridgehead atoms. The van der Waals surface area contributed by atoms with E-state index in [2.05, 4.69) is 65.3 Å². The van der Waals surface area contributed by atoms with Crippen LogP contribution in [0.25, 0.3) is 0 Å². The molecule has 3 rings (SSSR count). The van der Waals surface area contributed by atoms with Gasteiger partial charge in [-0.3, -0.25) is 0 Å². The Hall–Kier alpha value is 0.0800. The highest BCUT2D eigenvalue weighted by Gasteiger charge is 2.63. The molecular weight excluding hydrogens is 278 g/mol. The van der Waals surface area contributed by atoms with E-state index in [1.165, 1.54) is 12.8 Å². The molecule has 2 aliphatic heterocycles. The van der Waals surface area contributed by atoms with E-state index in [9.17, 15) is 0 Å². The van der Waals surface area contributed by atoms with Crippen LogP contribution in [0.2, 0.25) is 0 Å². The average Bonchev–Trinajstić information content (AvgIpc) is 2.46. The Balaban J connectivity index is 2.11. The molecule has 0 amide bonds. The van der Waals surface area contributed by atoms with Gasteiger partial charge in [0.05, 0.1) is 50.5 Å². The maximum absolute atomic E-state index is 2.63. The summed E-state index contributed by atoms with van der Waals surface area (Å²) in [5.74, 6) is 0. The minimum absolute atomic E-state index is 0.916. The van der Waals surface area contributed by atoms with E-state index in [-0.39, 0.29) is 0 Å². The van der Waals surface area contributed by atoms with Gasteiger partial charge < -0.3 is 0 Å². The summed E-state index contributed by atoms with van der Waals surface area (Å²) in [6.45, 7) is 15.3. The molecule has 2 saturated heterocycles. The molecule has 2 unspecified atom stereocenters. The standard InChI is InChI=1S/C18H30P2/c1-13-11-14(2)19(13,5)17-9-7-8-10-18(17)20(6)15(3)12-16(20)4/h7-10,13-16H,11-12H2,1-6H3/q+2/t13-,14+,15-,16+,19?,20?. The molecule has 0 aliphatic carbocycles. The predicted molar refractivity (Wildman–Crippen MR) is 98.5 cm³/mol. The van der Waals surface area contributed by atoms with Crippen LogP contribution in [0, 0.1) is 0 Å². The molecule has 0 saturated carbocycles. The van der Waals surface area contributed by atoms with Crippen molar-refractivity contribution in [2.24, 2.45) is 0 Å². The second-order valence-electron chi connectivity index (χ2n) is 7.65. The van der Waals surface area contributed by atoms with Gasteiger partial charge in [-0.15, -0.1) is 0 Å². The Kier molecular flexibility index (Phi) is 3.59. The van der Waals surface area contributed by atoms with Crippen molar-refractivity contribution < 1.29 is 0 Å². The van der Waals surface area contributed by atoms with Crippen molar-refractivity contribution >= 4 is 25.1 Å². The summed E-state index contributed by atoms with van der Waals surface area (Å²) in [7, 11) is -1.83. The first-order chi connectivity index (χ1) is 9.32. The number of rotatable bonds is 2. The smallest absolute Gasteiger partial charge is 0.0581 e. The molecule has 2 fully saturated rings. The van der Waals surface area contributed by atoms with Crippen LogP contribution in [0.5, 0.6) is 0 Å². The maximum Gasteiger partial charge on any atom is 0.136 e. The topological polar surface area (TPSA) is 0 Å². The van der Waals surface area contributed by atoms with Gasteiger partial charge in [-0.25, -0.2) is 0 Å². The van der Waals surface area contributed by atoms with E-state index < -0.39 is 14.5 Å². The van der Waals surface area contributed by atoms with Crippen molar-refractivity contribution in [2.75, 3.05) is 13.3 Å². The Labute approximate surface area is 126 Å². The lowest BCUT2D eigenvalue weighted by molar-refractivity contribution is 0.696. The summed E-state index contributed by atoms with van der Waals surface area (Å²) in [5.41, 5.74) is 3.77. The minimum atomic E-state index is -0.916. The van der Waals surface area contributed by atoms with E-state index >= 15 is 0 Å². The Morgan fingerprint density at radius 3 is 1.25 bits per heavy atom. The highest BCUT2D eigenvalue weighted by atomic mass is 31.2. The summed E-state index contributed by atoms with van der Waals surface area (Å²) in [4.78, 5) is 0. The molecule has 0 radical (unpaired) electrons. The van der Waals surface area contributed by atoms with Crippen LogP contribution in [0.3, 0.4) is 0 Å². The van der Waals surface area contributed by atoms with Gasteiger partial charge >= 0.3 is 0 Å². The van der Waals surface area contributed by atoms with Crippen molar-refractivity contribution in [3.05, 3.63) is 24.3 Å². The van der Waals surface area contributed by atoms with Crippen molar-refractivity contribution in [3.8, 4) is 0 Å². The second kappa shape index (κ2) is 4.79. The van der Waals surface area contributed by atoms with Crippen LogP contribution >= 0.6 is 14.5 Å². The van der Waals surface area contributed by atoms with Crippen LogP contribution in [-0.4, -0.2) is 36.0 Å². The first kappa shape index (κ1) is 15.0. The van der Waals surface area contributed by atoms with E-state index in [0.717, 1.165) is 22.6 Å². The molecule has 110 valence electrons. The predicted octanol–water partition coefficient (Wildman–Crippen LogP) is 4.59. The zero-order chi connectivity index (χ0) is 14.7. The monoisotopic (exact) mass is 308 g/mol. The molecular formula is C18H30P2+2. The van der Waals surface area contributed by atoms with Crippen molar-refractivity contribution in [2.45, 2.75) is 63.2 Å². The maximum atomic E-state index is 2.63. The normalized spacial score (nSPS) is 47.5. The van der Waals surface area contributed by atoms with Gasteiger partial charge in [0, 0.05) is 12.8 Å². The molecule has 2 heterocycles. The third-order valence-electron chi connectivity index (χ3n) is 6.95. The van der Waals surface area contributed by atoms with Gasteiger partial charge in [0.25, 0.3) is 0 Å². The summed E-state index contributed by atoms with van der Waals surface area (Å²) in [6, 6.07) is 9.59. The van der Waals surface area contributed by atoms with E-state index in [1.54, 1.807) is 10.6 Å². The zero-order valence-electron chi connectivity index (χ0n) is 13.9. The molecule has 0 aromatic heterocycles. The van der Waals surface area contributed by atoms with Crippen LogP contribution in [0.4, 0.5) is 0 Å². The summed E-state index contributed by atoms with van der Waals surface area (Å²) in [6.07, 6.45) is 2.89. The zero-order valence-corrected chi connectivity index (χ0v) is 15.7.